The van der Waals surface area contributed by atoms with Crippen molar-refractivity contribution in [2.24, 2.45) is 5.73 Å². The summed E-state index contributed by atoms with van der Waals surface area (Å²) in [7, 11) is 0. The van der Waals surface area contributed by atoms with E-state index in [4.69, 9.17) is 10.7 Å². The number of aromatic nitrogens is 1. The van der Waals surface area contributed by atoms with Crippen LogP contribution in [0.1, 0.15) is 47.1 Å². The fourth-order valence-electron chi connectivity index (χ4n) is 2.11. The van der Waals surface area contributed by atoms with Gasteiger partial charge in [0.1, 0.15) is 5.01 Å². The molecule has 5 heteroatoms. The monoisotopic (exact) mass is 288 g/mol. The van der Waals surface area contributed by atoms with Crippen LogP contribution in [0, 0.1) is 6.92 Å². The van der Waals surface area contributed by atoms with Gasteiger partial charge in [0, 0.05) is 27.7 Å². The van der Waals surface area contributed by atoms with Crippen molar-refractivity contribution in [3.8, 4) is 0 Å². The van der Waals surface area contributed by atoms with Crippen molar-refractivity contribution >= 4 is 34.9 Å². The van der Waals surface area contributed by atoms with Crippen LogP contribution in [-0.2, 0) is 0 Å². The van der Waals surface area contributed by atoms with Crippen LogP contribution in [0.4, 0.5) is 0 Å². The molecule has 2 nitrogen and oxygen atoms in total. The van der Waals surface area contributed by atoms with Gasteiger partial charge in [-0.15, -0.1) is 23.1 Å². The summed E-state index contributed by atoms with van der Waals surface area (Å²) in [6, 6.07) is 0.113. The Morgan fingerprint density at radius 3 is 2.71 bits per heavy atom. The molecule has 1 aliphatic heterocycles. The molecule has 1 aliphatic rings. The molecule has 0 spiro atoms. The molecule has 1 saturated heterocycles. The highest BCUT2D eigenvalue weighted by atomic mass is 32.2. The van der Waals surface area contributed by atoms with Crippen LogP contribution < -0.4 is 5.73 Å². The Kier molecular flexibility index (Phi) is 4.80. The zero-order chi connectivity index (χ0) is 12.4. The summed E-state index contributed by atoms with van der Waals surface area (Å²) in [5.74, 6) is 2.53. The number of thiazole rings is 1. The fraction of sp³-hybridized carbons (Fsp3) is 0.750. The quantitative estimate of drug-likeness (QED) is 0.919. The van der Waals surface area contributed by atoms with Gasteiger partial charge in [0.05, 0.1) is 10.9 Å². The van der Waals surface area contributed by atoms with Crippen molar-refractivity contribution in [3.63, 3.8) is 0 Å². The lowest BCUT2D eigenvalue weighted by molar-refractivity contribution is 0.785. The molecule has 1 aromatic rings. The Hall–Kier alpha value is 0.290. The van der Waals surface area contributed by atoms with Crippen LogP contribution in [0.25, 0.3) is 0 Å². The molecule has 2 heterocycles. The minimum atomic E-state index is 0.113. The van der Waals surface area contributed by atoms with E-state index in [2.05, 4.69) is 37.4 Å². The van der Waals surface area contributed by atoms with Crippen molar-refractivity contribution in [2.75, 3.05) is 11.5 Å². The van der Waals surface area contributed by atoms with Crippen molar-refractivity contribution in [1.82, 2.24) is 4.98 Å². The number of rotatable bonds is 3. The molecule has 0 saturated carbocycles. The SMILES string of the molecule is CCC1SCCSC1c1nc(C)c(C(C)N)s1. The van der Waals surface area contributed by atoms with Gasteiger partial charge in [-0.2, -0.15) is 11.8 Å². The molecule has 3 unspecified atom stereocenters. The highest BCUT2D eigenvalue weighted by Crippen LogP contribution is 2.46. The predicted octanol–water partition coefficient (Wildman–Crippen LogP) is 3.77. The Morgan fingerprint density at radius 1 is 1.41 bits per heavy atom. The first kappa shape index (κ1) is 13.7. The summed E-state index contributed by atoms with van der Waals surface area (Å²) >= 11 is 6.00. The summed E-state index contributed by atoms with van der Waals surface area (Å²) in [6.45, 7) is 6.41. The van der Waals surface area contributed by atoms with E-state index in [9.17, 15) is 0 Å². The predicted molar refractivity (Wildman–Crippen MR) is 81.2 cm³/mol. The maximum absolute atomic E-state index is 5.98. The average Bonchev–Trinajstić information content (AvgIpc) is 2.71. The van der Waals surface area contributed by atoms with Gasteiger partial charge in [0.15, 0.2) is 0 Å². The van der Waals surface area contributed by atoms with E-state index < -0.39 is 0 Å². The number of nitrogens with two attached hydrogens (primary N) is 1. The molecule has 0 aromatic carbocycles. The standard InChI is InChI=1S/C12H20N2S3/c1-4-9-11(16-6-5-15-9)12-14-8(3)10(17-12)7(2)13/h7,9,11H,4-6,13H2,1-3H3. The van der Waals surface area contributed by atoms with Crippen LogP contribution in [0.2, 0.25) is 0 Å². The molecule has 0 amide bonds. The second-order valence-corrected chi connectivity index (χ2v) is 8.06. The van der Waals surface area contributed by atoms with Gasteiger partial charge in [-0.05, 0) is 20.3 Å². The second kappa shape index (κ2) is 5.95. The van der Waals surface area contributed by atoms with E-state index >= 15 is 0 Å². The number of hydrogen-bond donors (Lipinski definition) is 1. The molecule has 0 aliphatic carbocycles. The molecule has 1 aromatic heterocycles. The van der Waals surface area contributed by atoms with Gasteiger partial charge >= 0.3 is 0 Å². The van der Waals surface area contributed by atoms with E-state index in [-0.39, 0.29) is 6.04 Å². The summed E-state index contributed by atoms with van der Waals surface area (Å²) in [4.78, 5) is 6.01. The third kappa shape index (κ3) is 3.00. The maximum Gasteiger partial charge on any atom is 0.107 e. The molecular weight excluding hydrogens is 268 g/mol. The summed E-state index contributed by atoms with van der Waals surface area (Å²) in [6.07, 6.45) is 1.23. The van der Waals surface area contributed by atoms with Crippen molar-refractivity contribution in [2.45, 2.75) is 43.7 Å². The van der Waals surface area contributed by atoms with Gasteiger partial charge in [-0.25, -0.2) is 4.98 Å². The van der Waals surface area contributed by atoms with Gasteiger partial charge in [0.2, 0.25) is 0 Å². The minimum absolute atomic E-state index is 0.113. The lowest BCUT2D eigenvalue weighted by Crippen LogP contribution is -2.18. The Balaban J connectivity index is 2.23. The van der Waals surface area contributed by atoms with Crippen molar-refractivity contribution < 1.29 is 0 Å². The zero-order valence-corrected chi connectivity index (χ0v) is 13.1. The van der Waals surface area contributed by atoms with Gasteiger partial charge < -0.3 is 5.73 Å². The summed E-state index contributed by atoms with van der Waals surface area (Å²) < 4.78 is 0. The van der Waals surface area contributed by atoms with Crippen LogP contribution >= 0.6 is 34.9 Å². The molecule has 0 radical (unpaired) electrons. The number of thioether (sulfide) groups is 2. The van der Waals surface area contributed by atoms with Crippen LogP contribution in [0.3, 0.4) is 0 Å². The first-order valence-corrected chi connectivity index (χ1v) is 9.00. The number of nitrogens with zero attached hydrogens (tertiary/aromatic N) is 1. The van der Waals surface area contributed by atoms with Gasteiger partial charge in [-0.1, -0.05) is 6.92 Å². The summed E-state index contributed by atoms with van der Waals surface area (Å²) in [5.41, 5.74) is 7.11. The van der Waals surface area contributed by atoms with Crippen molar-refractivity contribution in [3.05, 3.63) is 15.6 Å². The molecule has 0 bridgehead atoms. The largest absolute Gasteiger partial charge is 0.323 e. The van der Waals surface area contributed by atoms with E-state index in [0.717, 1.165) is 10.9 Å². The zero-order valence-electron chi connectivity index (χ0n) is 10.6. The molecule has 2 rings (SSSR count). The van der Waals surface area contributed by atoms with E-state index in [1.54, 1.807) is 0 Å². The molecule has 3 atom stereocenters. The third-order valence-corrected chi connectivity index (χ3v) is 7.80. The summed E-state index contributed by atoms with van der Waals surface area (Å²) in [5, 5.41) is 2.59. The first-order chi connectivity index (χ1) is 8.13. The van der Waals surface area contributed by atoms with Crippen molar-refractivity contribution in [1.29, 1.82) is 0 Å². The average molecular weight is 289 g/mol. The highest BCUT2D eigenvalue weighted by Gasteiger charge is 2.29. The van der Waals surface area contributed by atoms with Crippen LogP contribution in [0.5, 0.6) is 0 Å². The number of aryl methyl sites for hydroxylation is 1. The van der Waals surface area contributed by atoms with E-state index in [1.807, 2.05) is 18.3 Å². The fourth-order valence-corrected chi connectivity index (χ4v) is 6.55. The Labute approximate surface area is 116 Å². The molecule has 1 fully saturated rings. The lowest BCUT2D eigenvalue weighted by Gasteiger charge is -2.28. The van der Waals surface area contributed by atoms with E-state index in [0.29, 0.717) is 5.25 Å². The topological polar surface area (TPSA) is 38.9 Å². The molecule has 17 heavy (non-hydrogen) atoms. The lowest BCUT2D eigenvalue weighted by atomic mass is 10.2. The third-order valence-electron chi connectivity index (χ3n) is 2.96. The Bertz CT molecular complexity index is 376. The van der Waals surface area contributed by atoms with E-state index in [1.165, 1.54) is 27.8 Å². The molecule has 96 valence electrons. The highest BCUT2D eigenvalue weighted by molar-refractivity contribution is 8.06. The first-order valence-electron chi connectivity index (χ1n) is 6.09. The van der Waals surface area contributed by atoms with Crippen LogP contribution in [-0.4, -0.2) is 21.7 Å². The Morgan fingerprint density at radius 2 is 2.12 bits per heavy atom. The second-order valence-electron chi connectivity index (χ2n) is 4.40. The molecule has 2 N–H and O–H groups in total. The van der Waals surface area contributed by atoms with Gasteiger partial charge in [-0.3, -0.25) is 0 Å². The van der Waals surface area contributed by atoms with Crippen LogP contribution in [0.15, 0.2) is 0 Å². The molecular formula is C12H20N2S3. The maximum atomic E-state index is 5.98. The number of hydrogen-bond acceptors (Lipinski definition) is 5. The minimum Gasteiger partial charge on any atom is -0.323 e. The van der Waals surface area contributed by atoms with Gasteiger partial charge in [0.25, 0.3) is 0 Å². The smallest absolute Gasteiger partial charge is 0.107 e. The normalized spacial score (nSPS) is 27.1.